The van der Waals surface area contributed by atoms with Crippen LogP contribution in [0.2, 0.25) is 0 Å². The summed E-state index contributed by atoms with van der Waals surface area (Å²) in [6.07, 6.45) is 3.60. The van der Waals surface area contributed by atoms with Crippen LogP contribution >= 0.6 is 0 Å². The molecule has 98 valence electrons. The van der Waals surface area contributed by atoms with Gasteiger partial charge in [0.2, 0.25) is 0 Å². The van der Waals surface area contributed by atoms with Gasteiger partial charge in [0, 0.05) is 6.42 Å². The van der Waals surface area contributed by atoms with Crippen LogP contribution in [0.5, 0.6) is 11.5 Å². The Balaban J connectivity index is 2.01. The average molecular weight is 254 g/mol. The molecule has 0 radical (unpaired) electrons. The Labute approximate surface area is 114 Å². The van der Waals surface area contributed by atoms with E-state index in [1.165, 1.54) is 5.56 Å². The first-order valence-corrected chi connectivity index (χ1v) is 6.61. The van der Waals surface area contributed by atoms with E-state index in [9.17, 15) is 4.79 Å². The monoisotopic (exact) mass is 254 g/mol. The average Bonchev–Trinajstić information content (AvgIpc) is 2.44. The van der Waals surface area contributed by atoms with E-state index in [4.69, 9.17) is 4.74 Å². The molecule has 0 aliphatic heterocycles. The minimum atomic E-state index is 0.450. The van der Waals surface area contributed by atoms with Gasteiger partial charge in [-0.15, -0.1) is 0 Å². The van der Waals surface area contributed by atoms with Crippen LogP contribution in [-0.2, 0) is 17.6 Å². The van der Waals surface area contributed by atoms with Gasteiger partial charge in [0.1, 0.15) is 17.8 Å². The fourth-order valence-corrected chi connectivity index (χ4v) is 1.94. The van der Waals surface area contributed by atoms with Crippen molar-refractivity contribution in [2.45, 2.75) is 26.2 Å². The van der Waals surface area contributed by atoms with Gasteiger partial charge < -0.3 is 9.53 Å². The van der Waals surface area contributed by atoms with Crippen LogP contribution < -0.4 is 4.74 Å². The predicted molar refractivity (Wildman–Crippen MR) is 76.7 cm³/mol. The Morgan fingerprint density at radius 1 is 0.895 bits per heavy atom. The largest absolute Gasteiger partial charge is 0.457 e. The van der Waals surface area contributed by atoms with Gasteiger partial charge >= 0.3 is 0 Å². The SMILES string of the molecule is CCCc1ccc(Oc2ccc(CC=O)cc2)cc1. The maximum absolute atomic E-state index is 10.4. The van der Waals surface area contributed by atoms with E-state index in [2.05, 4.69) is 19.1 Å². The van der Waals surface area contributed by atoms with Crippen LogP contribution in [0, 0.1) is 0 Å². The Hall–Kier alpha value is -2.09. The molecule has 0 N–H and O–H groups in total. The third-order valence-electron chi connectivity index (χ3n) is 2.94. The Kier molecular flexibility index (Phi) is 4.73. The lowest BCUT2D eigenvalue weighted by atomic mass is 10.1. The lowest BCUT2D eigenvalue weighted by molar-refractivity contribution is -0.107. The van der Waals surface area contributed by atoms with Crippen LogP contribution in [0.25, 0.3) is 0 Å². The molecule has 0 atom stereocenters. The van der Waals surface area contributed by atoms with E-state index >= 15 is 0 Å². The van der Waals surface area contributed by atoms with E-state index < -0.39 is 0 Å². The standard InChI is InChI=1S/C17H18O2/c1-2-3-14-4-8-16(9-5-14)19-17-10-6-15(7-11-17)12-13-18/h4-11,13H,2-3,12H2,1H3. The number of rotatable bonds is 6. The van der Waals surface area contributed by atoms with Gasteiger partial charge in [-0.25, -0.2) is 0 Å². The van der Waals surface area contributed by atoms with E-state index in [1.807, 2.05) is 36.4 Å². The van der Waals surface area contributed by atoms with Crippen LogP contribution in [0.3, 0.4) is 0 Å². The molecule has 0 spiro atoms. The van der Waals surface area contributed by atoms with Gasteiger partial charge in [0.25, 0.3) is 0 Å². The first-order valence-electron chi connectivity index (χ1n) is 6.61. The summed E-state index contributed by atoms with van der Waals surface area (Å²) in [7, 11) is 0. The summed E-state index contributed by atoms with van der Waals surface area (Å²) in [5, 5.41) is 0. The van der Waals surface area contributed by atoms with Crippen molar-refractivity contribution in [2.75, 3.05) is 0 Å². The molecular weight excluding hydrogens is 236 g/mol. The second-order valence-electron chi connectivity index (χ2n) is 4.51. The number of aryl methyl sites for hydroxylation is 1. The molecule has 0 aliphatic rings. The summed E-state index contributed by atoms with van der Waals surface area (Å²) in [5.41, 5.74) is 2.33. The van der Waals surface area contributed by atoms with Gasteiger partial charge in [-0.05, 0) is 41.8 Å². The Morgan fingerprint density at radius 3 is 1.89 bits per heavy atom. The van der Waals surface area contributed by atoms with Crippen molar-refractivity contribution in [2.24, 2.45) is 0 Å². The summed E-state index contributed by atoms with van der Waals surface area (Å²) in [4.78, 5) is 10.4. The maximum Gasteiger partial charge on any atom is 0.127 e. The highest BCUT2D eigenvalue weighted by molar-refractivity contribution is 5.55. The number of ether oxygens (including phenoxy) is 1. The minimum Gasteiger partial charge on any atom is -0.457 e. The summed E-state index contributed by atoms with van der Waals surface area (Å²) >= 11 is 0. The van der Waals surface area contributed by atoms with Gasteiger partial charge in [-0.2, -0.15) is 0 Å². The zero-order valence-corrected chi connectivity index (χ0v) is 11.1. The molecule has 0 bridgehead atoms. The predicted octanol–water partition coefficient (Wildman–Crippen LogP) is 4.17. The number of hydrogen-bond donors (Lipinski definition) is 0. The Bertz CT molecular complexity index is 512. The highest BCUT2D eigenvalue weighted by atomic mass is 16.5. The van der Waals surface area contributed by atoms with E-state index in [0.29, 0.717) is 6.42 Å². The van der Waals surface area contributed by atoms with E-state index in [1.54, 1.807) is 0 Å². The van der Waals surface area contributed by atoms with E-state index in [0.717, 1.165) is 36.2 Å². The highest BCUT2D eigenvalue weighted by Gasteiger charge is 1.98. The van der Waals surface area contributed by atoms with Crippen LogP contribution in [0.15, 0.2) is 48.5 Å². The molecule has 2 heteroatoms. The molecular formula is C17H18O2. The van der Waals surface area contributed by atoms with Crippen molar-refractivity contribution in [3.8, 4) is 11.5 Å². The van der Waals surface area contributed by atoms with Crippen LogP contribution in [0.1, 0.15) is 24.5 Å². The fourth-order valence-electron chi connectivity index (χ4n) is 1.94. The molecule has 0 unspecified atom stereocenters. The van der Waals surface area contributed by atoms with Gasteiger partial charge in [0.05, 0.1) is 0 Å². The van der Waals surface area contributed by atoms with E-state index in [-0.39, 0.29) is 0 Å². The van der Waals surface area contributed by atoms with Crippen molar-refractivity contribution in [1.82, 2.24) is 0 Å². The zero-order valence-electron chi connectivity index (χ0n) is 11.1. The second kappa shape index (κ2) is 6.74. The topological polar surface area (TPSA) is 26.3 Å². The lowest BCUT2D eigenvalue weighted by Gasteiger charge is -2.07. The lowest BCUT2D eigenvalue weighted by Crippen LogP contribution is -1.88. The molecule has 2 nitrogen and oxygen atoms in total. The highest BCUT2D eigenvalue weighted by Crippen LogP contribution is 2.22. The molecule has 0 amide bonds. The van der Waals surface area contributed by atoms with Crippen molar-refractivity contribution in [3.63, 3.8) is 0 Å². The number of hydrogen-bond acceptors (Lipinski definition) is 2. The third kappa shape index (κ3) is 3.95. The van der Waals surface area contributed by atoms with Crippen molar-refractivity contribution in [3.05, 3.63) is 59.7 Å². The second-order valence-corrected chi connectivity index (χ2v) is 4.51. The molecule has 19 heavy (non-hydrogen) atoms. The van der Waals surface area contributed by atoms with Crippen LogP contribution in [0.4, 0.5) is 0 Å². The van der Waals surface area contributed by atoms with Gasteiger partial charge in [-0.1, -0.05) is 37.6 Å². The first kappa shape index (κ1) is 13.3. The molecule has 0 fully saturated rings. The Morgan fingerprint density at radius 2 is 1.42 bits per heavy atom. The van der Waals surface area contributed by atoms with Crippen LogP contribution in [-0.4, -0.2) is 6.29 Å². The normalized spacial score (nSPS) is 10.2. The van der Waals surface area contributed by atoms with Gasteiger partial charge in [0.15, 0.2) is 0 Å². The fraction of sp³-hybridized carbons (Fsp3) is 0.235. The maximum atomic E-state index is 10.4. The smallest absolute Gasteiger partial charge is 0.127 e. The number of carbonyl (C=O) groups is 1. The van der Waals surface area contributed by atoms with Crippen molar-refractivity contribution in [1.29, 1.82) is 0 Å². The summed E-state index contributed by atoms with van der Waals surface area (Å²) in [5.74, 6) is 1.63. The molecule has 2 aromatic rings. The minimum absolute atomic E-state index is 0.450. The molecule has 0 aliphatic carbocycles. The number of aldehydes is 1. The molecule has 0 saturated heterocycles. The molecule has 0 saturated carbocycles. The summed E-state index contributed by atoms with van der Waals surface area (Å²) in [6, 6.07) is 15.8. The number of benzene rings is 2. The molecule has 0 heterocycles. The third-order valence-corrected chi connectivity index (χ3v) is 2.94. The zero-order chi connectivity index (χ0) is 13.5. The molecule has 2 aromatic carbocycles. The summed E-state index contributed by atoms with van der Waals surface area (Å²) in [6.45, 7) is 2.17. The van der Waals surface area contributed by atoms with Crippen molar-refractivity contribution < 1.29 is 9.53 Å². The first-order chi connectivity index (χ1) is 9.31. The van der Waals surface area contributed by atoms with Crippen molar-refractivity contribution >= 4 is 6.29 Å². The number of carbonyl (C=O) groups excluding carboxylic acids is 1. The molecule has 2 rings (SSSR count). The summed E-state index contributed by atoms with van der Waals surface area (Å²) < 4.78 is 5.76. The molecule has 0 aromatic heterocycles. The van der Waals surface area contributed by atoms with Gasteiger partial charge in [-0.3, -0.25) is 0 Å². The quantitative estimate of drug-likeness (QED) is 0.723.